The first-order valence-corrected chi connectivity index (χ1v) is 12.2. The van der Waals surface area contributed by atoms with Crippen molar-refractivity contribution in [1.29, 1.82) is 0 Å². The van der Waals surface area contributed by atoms with E-state index in [1.165, 1.54) is 23.1 Å². The van der Waals surface area contributed by atoms with Gasteiger partial charge in [-0.2, -0.15) is 0 Å². The Bertz CT molecular complexity index is 830. The van der Waals surface area contributed by atoms with Gasteiger partial charge >= 0.3 is 0 Å². The molecule has 0 bridgehead atoms. The molecule has 2 aliphatic rings. The van der Waals surface area contributed by atoms with E-state index in [9.17, 15) is 9.59 Å². The van der Waals surface area contributed by atoms with Crippen LogP contribution in [0.3, 0.4) is 0 Å². The second kappa shape index (κ2) is 11.5. The van der Waals surface area contributed by atoms with Crippen molar-refractivity contribution >= 4 is 58.1 Å². The lowest BCUT2D eigenvalue weighted by atomic mass is 9.99. The minimum atomic E-state index is -0.418. The first-order chi connectivity index (χ1) is 14.4. The van der Waals surface area contributed by atoms with E-state index in [0.29, 0.717) is 34.8 Å². The molecule has 1 unspecified atom stereocenters. The number of carbonyl (C=O) groups excluding carboxylic acids is 2. The molecule has 3 rings (SSSR count). The van der Waals surface area contributed by atoms with Crippen molar-refractivity contribution in [3.8, 4) is 0 Å². The Morgan fingerprint density at radius 2 is 2.23 bits per heavy atom. The highest BCUT2D eigenvalue weighted by Gasteiger charge is 2.24. The van der Waals surface area contributed by atoms with Crippen LogP contribution in [-0.4, -0.2) is 66.3 Å². The molecule has 30 heavy (non-hydrogen) atoms. The zero-order valence-corrected chi connectivity index (χ0v) is 19.5. The lowest BCUT2D eigenvalue weighted by Gasteiger charge is -2.35. The highest BCUT2D eigenvalue weighted by molar-refractivity contribution is 8.01. The Morgan fingerprint density at radius 1 is 1.40 bits per heavy atom. The Kier molecular flexibility index (Phi) is 9.03. The number of morpholine rings is 1. The summed E-state index contributed by atoms with van der Waals surface area (Å²) in [5.41, 5.74) is 5.80. The molecule has 0 saturated carbocycles. The van der Waals surface area contributed by atoms with Crippen LogP contribution >= 0.6 is 46.3 Å². The minimum Gasteiger partial charge on any atom is -0.374 e. The van der Waals surface area contributed by atoms with Crippen LogP contribution in [0.1, 0.15) is 12.1 Å². The van der Waals surface area contributed by atoms with Crippen LogP contribution in [-0.2, 0) is 20.7 Å². The van der Waals surface area contributed by atoms with Crippen molar-refractivity contribution in [3.63, 3.8) is 0 Å². The Labute approximate surface area is 194 Å². The fourth-order valence-electron chi connectivity index (χ4n) is 3.26. The van der Waals surface area contributed by atoms with E-state index in [2.05, 4.69) is 15.2 Å². The summed E-state index contributed by atoms with van der Waals surface area (Å²) in [4.78, 5) is 29.7. The smallest absolute Gasteiger partial charge is 0.230 e. The van der Waals surface area contributed by atoms with E-state index in [0.717, 1.165) is 30.4 Å². The van der Waals surface area contributed by atoms with Gasteiger partial charge in [0.05, 0.1) is 40.6 Å². The number of halogens is 2. The standard InChI is InChI=1S/C19H24Cl2N4O3S2/c20-15-2-1-12(5-16(15)21)8-25-3-4-28-14(9-25)7-23-18(27)11-30-19-24-13(10-29-19)6-17(22)26/h2,5,10,12,14H,1,3-4,6-9,11H2,(H2,22,26)(H,23,27)/t12?,14-/m0/s1. The van der Waals surface area contributed by atoms with Gasteiger partial charge in [-0.05, 0) is 12.3 Å². The Morgan fingerprint density at radius 3 is 3.00 bits per heavy atom. The van der Waals surface area contributed by atoms with Crippen LogP contribution in [0.5, 0.6) is 0 Å². The highest BCUT2D eigenvalue weighted by Crippen LogP contribution is 2.29. The molecule has 1 fully saturated rings. The maximum atomic E-state index is 12.2. The maximum absolute atomic E-state index is 12.2. The average molecular weight is 491 g/mol. The lowest BCUT2D eigenvalue weighted by molar-refractivity contribution is -0.120. The average Bonchev–Trinajstić information content (AvgIpc) is 3.14. The molecule has 1 aliphatic heterocycles. The van der Waals surface area contributed by atoms with Crippen molar-refractivity contribution in [2.75, 3.05) is 38.5 Å². The largest absolute Gasteiger partial charge is 0.374 e. The summed E-state index contributed by atoms with van der Waals surface area (Å²) < 4.78 is 6.54. The predicted octanol–water partition coefficient (Wildman–Crippen LogP) is 2.35. The van der Waals surface area contributed by atoms with Crippen molar-refractivity contribution in [1.82, 2.24) is 15.2 Å². The number of primary amides is 1. The molecule has 1 aromatic rings. The molecule has 11 heteroatoms. The van der Waals surface area contributed by atoms with Crippen LogP contribution in [0, 0.1) is 5.92 Å². The first-order valence-electron chi connectivity index (χ1n) is 9.58. The number of nitrogens with zero attached hydrogens (tertiary/aromatic N) is 2. The van der Waals surface area contributed by atoms with Gasteiger partial charge in [0.2, 0.25) is 11.8 Å². The van der Waals surface area contributed by atoms with E-state index in [4.69, 9.17) is 33.7 Å². The molecular weight excluding hydrogens is 467 g/mol. The molecule has 1 aromatic heterocycles. The van der Waals surface area contributed by atoms with E-state index in [-0.39, 0.29) is 24.2 Å². The molecule has 1 saturated heterocycles. The van der Waals surface area contributed by atoms with Crippen molar-refractivity contribution in [2.24, 2.45) is 11.7 Å². The fraction of sp³-hybridized carbons (Fsp3) is 0.526. The van der Waals surface area contributed by atoms with E-state index in [1.54, 1.807) is 5.38 Å². The van der Waals surface area contributed by atoms with E-state index < -0.39 is 5.91 Å². The van der Waals surface area contributed by atoms with Gasteiger partial charge in [0, 0.05) is 31.6 Å². The van der Waals surface area contributed by atoms with Gasteiger partial charge in [-0.3, -0.25) is 14.5 Å². The summed E-state index contributed by atoms with van der Waals surface area (Å²) >= 11 is 14.9. The summed E-state index contributed by atoms with van der Waals surface area (Å²) in [5.74, 6) is 0.105. The molecule has 164 valence electrons. The molecule has 1 aliphatic carbocycles. The van der Waals surface area contributed by atoms with Crippen LogP contribution in [0.2, 0.25) is 0 Å². The van der Waals surface area contributed by atoms with Gasteiger partial charge in [-0.1, -0.05) is 47.1 Å². The summed E-state index contributed by atoms with van der Waals surface area (Å²) in [5, 5.41) is 5.95. The summed E-state index contributed by atoms with van der Waals surface area (Å²) in [6.07, 6.45) is 4.93. The van der Waals surface area contributed by atoms with Crippen LogP contribution in [0.25, 0.3) is 0 Å². The van der Waals surface area contributed by atoms with Gasteiger partial charge in [-0.15, -0.1) is 11.3 Å². The normalized spacial score (nSPS) is 22.3. The third-order valence-corrected chi connectivity index (χ3v) is 7.52. The number of allylic oxidation sites excluding steroid dienone is 3. The lowest BCUT2D eigenvalue weighted by Crippen LogP contribution is -2.48. The third kappa shape index (κ3) is 7.55. The van der Waals surface area contributed by atoms with Gasteiger partial charge < -0.3 is 15.8 Å². The SMILES string of the molecule is NC(=O)Cc1csc(SCC(=O)NC[C@H]2CN(CC3C=C(Cl)C(Cl)=CC3)CCO2)n1. The number of ether oxygens (including phenoxy) is 1. The number of hydrogen-bond donors (Lipinski definition) is 2. The maximum Gasteiger partial charge on any atom is 0.230 e. The highest BCUT2D eigenvalue weighted by atomic mass is 35.5. The zero-order chi connectivity index (χ0) is 21.5. The molecule has 0 spiro atoms. The van der Waals surface area contributed by atoms with E-state index in [1.807, 2.05) is 12.2 Å². The number of thiazole rings is 1. The molecular formula is C19H24Cl2N4O3S2. The topological polar surface area (TPSA) is 97.5 Å². The molecule has 2 atom stereocenters. The third-order valence-electron chi connectivity index (χ3n) is 4.67. The first kappa shape index (κ1) is 23.6. The summed E-state index contributed by atoms with van der Waals surface area (Å²) in [7, 11) is 0. The van der Waals surface area contributed by atoms with Gasteiger partial charge in [0.1, 0.15) is 0 Å². The van der Waals surface area contributed by atoms with Gasteiger partial charge in [-0.25, -0.2) is 4.98 Å². The van der Waals surface area contributed by atoms with Gasteiger partial charge in [0.25, 0.3) is 0 Å². The van der Waals surface area contributed by atoms with Crippen molar-refractivity contribution < 1.29 is 14.3 Å². The Hall–Kier alpha value is -1.10. The quantitative estimate of drug-likeness (QED) is 0.515. The second-order valence-electron chi connectivity index (χ2n) is 7.16. The molecule has 7 nitrogen and oxygen atoms in total. The summed E-state index contributed by atoms with van der Waals surface area (Å²) in [6.45, 7) is 3.61. The van der Waals surface area contributed by atoms with Crippen LogP contribution in [0.15, 0.2) is 31.9 Å². The van der Waals surface area contributed by atoms with E-state index >= 15 is 0 Å². The molecule has 0 aromatic carbocycles. The predicted molar refractivity (Wildman–Crippen MR) is 121 cm³/mol. The zero-order valence-electron chi connectivity index (χ0n) is 16.3. The number of hydrogen-bond acceptors (Lipinski definition) is 7. The summed E-state index contributed by atoms with van der Waals surface area (Å²) in [6, 6.07) is 0. The number of aromatic nitrogens is 1. The molecule has 3 N–H and O–H groups in total. The van der Waals surface area contributed by atoms with Gasteiger partial charge in [0.15, 0.2) is 4.34 Å². The van der Waals surface area contributed by atoms with Crippen molar-refractivity contribution in [2.45, 2.75) is 23.3 Å². The molecule has 0 radical (unpaired) electrons. The number of nitrogens with two attached hydrogens (primary N) is 1. The van der Waals surface area contributed by atoms with Crippen LogP contribution in [0.4, 0.5) is 0 Å². The minimum absolute atomic E-state index is 0.0445. The fourth-order valence-corrected chi connectivity index (χ4v) is 5.34. The van der Waals surface area contributed by atoms with Crippen LogP contribution < -0.4 is 11.1 Å². The number of carbonyl (C=O) groups is 2. The number of thioether (sulfide) groups is 1. The second-order valence-corrected chi connectivity index (χ2v) is 10.1. The number of nitrogens with one attached hydrogen (secondary N) is 1. The molecule has 2 amide bonds. The van der Waals surface area contributed by atoms with Crippen molar-refractivity contribution in [3.05, 3.63) is 33.3 Å². The monoisotopic (exact) mass is 490 g/mol. The number of amides is 2. The molecule has 2 heterocycles. The number of rotatable bonds is 9. The Balaban J connectivity index is 1.36.